The third-order valence-electron chi connectivity index (χ3n) is 6.23. The van der Waals surface area contributed by atoms with Crippen LogP contribution in [0.25, 0.3) is 0 Å². The Morgan fingerprint density at radius 3 is 1.28 bits per heavy atom. The second-order valence-electron chi connectivity index (χ2n) is 7.42. The molecular formula is C18H18O7. The van der Waals surface area contributed by atoms with E-state index >= 15 is 0 Å². The van der Waals surface area contributed by atoms with Crippen LogP contribution in [0.15, 0.2) is 24.3 Å². The fourth-order valence-electron chi connectivity index (χ4n) is 5.20. The van der Waals surface area contributed by atoms with Crippen LogP contribution in [0.1, 0.15) is 12.8 Å². The maximum absolute atomic E-state index is 12.5. The summed E-state index contributed by atoms with van der Waals surface area (Å²) < 4.78 is 5.01. The molecule has 7 nitrogen and oxygen atoms in total. The number of hydrogen-bond donors (Lipinski definition) is 2. The van der Waals surface area contributed by atoms with Crippen LogP contribution >= 0.6 is 0 Å². The molecule has 0 radical (unpaired) electrons. The summed E-state index contributed by atoms with van der Waals surface area (Å²) in [6.45, 7) is 0. The molecule has 0 amide bonds. The van der Waals surface area contributed by atoms with E-state index in [1.54, 1.807) is 24.3 Å². The zero-order valence-corrected chi connectivity index (χ0v) is 13.3. The number of esters is 2. The van der Waals surface area contributed by atoms with E-state index in [1.807, 2.05) is 0 Å². The number of hydrogen-bond acceptors (Lipinski definition) is 5. The van der Waals surface area contributed by atoms with Crippen molar-refractivity contribution in [1.29, 1.82) is 0 Å². The molecule has 0 spiro atoms. The molecule has 4 rings (SSSR count). The second kappa shape index (κ2) is 5.54. The van der Waals surface area contributed by atoms with Gasteiger partial charge in [-0.3, -0.25) is 19.2 Å². The summed E-state index contributed by atoms with van der Waals surface area (Å²) >= 11 is 0. The first-order valence-corrected chi connectivity index (χ1v) is 8.46. The van der Waals surface area contributed by atoms with Crippen LogP contribution in [0.2, 0.25) is 0 Å². The lowest BCUT2D eigenvalue weighted by Gasteiger charge is -2.25. The van der Waals surface area contributed by atoms with Gasteiger partial charge in [0.1, 0.15) is 0 Å². The molecule has 4 aliphatic rings. The van der Waals surface area contributed by atoms with Crippen LogP contribution in [0.3, 0.4) is 0 Å². The minimum Gasteiger partial charge on any atom is -0.481 e. The van der Waals surface area contributed by atoms with Gasteiger partial charge in [-0.25, -0.2) is 0 Å². The van der Waals surface area contributed by atoms with Crippen LogP contribution in [0.4, 0.5) is 0 Å². The van der Waals surface area contributed by atoms with Crippen LogP contribution in [0.5, 0.6) is 0 Å². The predicted octanol–water partition coefficient (Wildman–Crippen LogP) is 1.10. The summed E-state index contributed by atoms with van der Waals surface area (Å²) in [5.41, 5.74) is 0. The lowest BCUT2D eigenvalue weighted by atomic mass is 9.82. The van der Waals surface area contributed by atoms with Crippen molar-refractivity contribution in [2.24, 2.45) is 47.3 Å². The molecule has 0 aromatic carbocycles. The van der Waals surface area contributed by atoms with Crippen LogP contribution < -0.4 is 0 Å². The number of allylic oxidation sites excluding steroid dienone is 4. The van der Waals surface area contributed by atoms with E-state index in [9.17, 15) is 29.4 Å². The summed E-state index contributed by atoms with van der Waals surface area (Å²) in [5.74, 6) is -8.26. The Bertz CT molecular complexity index is 661. The lowest BCUT2D eigenvalue weighted by molar-refractivity contribution is -0.173. The number of rotatable bonds is 4. The largest absolute Gasteiger partial charge is 0.481 e. The van der Waals surface area contributed by atoms with Gasteiger partial charge < -0.3 is 14.9 Å². The maximum Gasteiger partial charge on any atom is 0.318 e. The monoisotopic (exact) mass is 346 g/mol. The van der Waals surface area contributed by atoms with Gasteiger partial charge >= 0.3 is 23.9 Å². The molecule has 2 saturated carbocycles. The highest BCUT2D eigenvalue weighted by Crippen LogP contribution is 2.50. The summed E-state index contributed by atoms with van der Waals surface area (Å²) in [6.07, 6.45) is 8.35. The summed E-state index contributed by atoms with van der Waals surface area (Å²) in [6, 6.07) is 0. The summed E-state index contributed by atoms with van der Waals surface area (Å²) in [7, 11) is 0. The number of ether oxygens (including phenoxy) is 1. The van der Waals surface area contributed by atoms with E-state index in [2.05, 4.69) is 0 Å². The van der Waals surface area contributed by atoms with Gasteiger partial charge in [-0.05, 0) is 36.5 Å². The molecule has 2 unspecified atom stereocenters. The lowest BCUT2D eigenvalue weighted by Crippen LogP contribution is -2.39. The molecule has 2 fully saturated rings. The smallest absolute Gasteiger partial charge is 0.318 e. The van der Waals surface area contributed by atoms with Gasteiger partial charge in [-0.15, -0.1) is 0 Å². The van der Waals surface area contributed by atoms with Gasteiger partial charge in [0.2, 0.25) is 0 Å². The van der Waals surface area contributed by atoms with Gasteiger partial charge in [0, 0.05) is 0 Å². The van der Waals surface area contributed by atoms with Crippen molar-refractivity contribution in [3.8, 4) is 0 Å². The average Bonchev–Trinajstić information content (AvgIpc) is 3.31. The molecule has 8 atom stereocenters. The fourth-order valence-corrected chi connectivity index (χ4v) is 5.20. The van der Waals surface area contributed by atoms with Gasteiger partial charge in [0.25, 0.3) is 0 Å². The van der Waals surface area contributed by atoms with E-state index in [0.717, 1.165) is 0 Å². The number of carboxylic acids is 2. The number of carboxylic acid groups (broad SMARTS) is 2. The quantitative estimate of drug-likeness (QED) is 0.444. The van der Waals surface area contributed by atoms with Crippen LogP contribution in [-0.2, 0) is 23.9 Å². The topological polar surface area (TPSA) is 118 Å². The molecule has 0 heterocycles. The Hall–Kier alpha value is -2.44. The van der Waals surface area contributed by atoms with Gasteiger partial charge in [-0.1, -0.05) is 24.3 Å². The molecule has 4 bridgehead atoms. The fraction of sp³-hybridized carbons (Fsp3) is 0.556. The minimum absolute atomic E-state index is 0.215. The highest BCUT2D eigenvalue weighted by molar-refractivity contribution is 5.93. The number of aliphatic carboxylic acids is 2. The molecule has 7 heteroatoms. The molecule has 0 aromatic heterocycles. The Morgan fingerprint density at radius 2 is 0.960 bits per heavy atom. The van der Waals surface area contributed by atoms with Crippen molar-refractivity contribution in [3.63, 3.8) is 0 Å². The Labute approximate surface area is 143 Å². The highest BCUT2D eigenvalue weighted by atomic mass is 16.6. The van der Waals surface area contributed by atoms with Gasteiger partial charge in [0.05, 0.1) is 23.7 Å². The van der Waals surface area contributed by atoms with Gasteiger partial charge in [-0.2, -0.15) is 0 Å². The second-order valence-corrected chi connectivity index (χ2v) is 7.42. The number of fused-ring (bicyclic) bond motifs is 4. The zero-order chi connectivity index (χ0) is 17.9. The number of carbonyl (C=O) groups excluding carboxylic acids is 2. The molecule has 2 N–H and O–H groups in total. The molecule has 132 valence electrons. The standard InChI is InChI=1S/C18H18O7/c19-15(20)11-7-1-3-9(5-7)13(11)17(23)25-18(24)14-10-4-2-8(6-10)12(14)16(21)22/h1-4,7-14H,5-6H2,(H,19,20)(H,21,22)/t7-,8-,9+,10+,11-,12-,13?,14?/m1/s1. The first-order valence-electron chi connectivity index (χ1n) is 8.46. The van der Waals surface area contributed by atoms with Gasteiger partial charge in [0.15, 0.2) is 0 Å². The van der Waals surface area contributed by atoms with E-state index < -0.39 is 47.5 Å². The van der Waals surface area contributed by atoms with Crippen molar-refractivity contribution in [1.82, 2.24) is 0 Å². The van der Waals surface area contributed by atoms with Crippen molar-refractivity contribution >= 4 is 23.9 Å². The Morgan fingerprint density at radius 1 is 0.640 bits per heavy atom. The molecule has 0 saturated heterocycles. The normalized spacial score (nSPS) is 42.7. The first-order chi connectivity index (χ1) is 11.9. The number of carbonyl (C=O) groups is 4. The molecular weight excluding hydrogens is 328 g/mol. The minimum atomic E-state index is -1.07. The highest BCUT2D eigenvalue weighted by Gasteiger charge is 2.56. The SMILES string of the molecule is O=C(OC(=O)C1[C@H]2C=C[C@H](C2)[C@H]1C(=O)O)C1[C@H]2C=C[C@H](C2)[C@H]1C(=O)O. The van der Waals surface area contributed by atoms with Crippen molar-refractivity contribution in [2.45, 2.75) is 12.8 Å². The first kappa shape index (κ1) is 16.1. The predicted molar refractivity (Wildman–Crippen MR) is 81.8 cm³/mol. The van der Waals surface area contributed by atoms with E-state index in [4.69, 9.17) is 4.74 Å². The average molecular weight is 346 g/mol. The molecule has 0 aliphatic heterocycles. The van der Waals surface area contributed by atoms with Crippen LogP contribution in [0, 0.1) is 47.3 Å². The third kappa shape index (κ3) is 2.33. The molecule has 25 heavy (non-hydrogen) atoms. The van der Waals surface area contributed by atoms with E-state index in [-0.39, 0.29) is 23.7 Å². The van der Waals surface area contributed by atoms with Crippen molar-refractivity contribution in [2.75, 3.05) is 0 Å². The molecule has 4 aliphatic carbocycles. The Balaban J connectivity index is 1.50. The van der Waals surface area contributed by atoms with Crippen molar-refractivity contribution in [3.05, 3.63) is 24.3 Å². The summed E-state index contributed by atoms with van der Waals surface area (Å²) in [4.78, 5) is 47.9. The third-order valence-corrected chi connectivity index (χ3v) is 6.23. The van der Waals surface area contributed by atoms with E-state index in [0.29, 0.717) is 12.8 Å². The zero-order valence-electron chi connectivity index (χ0n) is 13.3. The van der Waals surface area contributed by atoms with Crippen molar-refractivity contribution < 1.29 is 34.1 Å². The molecule has 0 aromatic rings. The van der Waals surface area contributed by atoms with E-state index in [1.165, 1.54) is 0 Å². The Kier molecular flexibility index (Phi) is 3.56. The summed E-state index contributed by atoms with van der Waals surface area (Å²) in [5, 5.41) is 18.8. The maximum atomic E-state index is 12.5. The van der Waals surface area contributed by atoms with Crippen LogP contribution in [-0.4, -0.2) is 34.1 Å².